The van der Waals surface area contributed by atoms with Crippen molar-refractivity contribution in [2.45, 2.75) is 84.6 Å². The molecule has 0 spiro atoms. The summed E-state index contributed by atoms with van der Waals surface area (Å²) in [5.74, 6) is 0.897. The highest BCUT2D eigenvalue weighted by Crippen LogP contribution is 2.49. The van der Waals surface area contributed by atoms with Crippen LogP contribution in [-0.4, -0.2) is 79.4 Å². The molecule has 0 aliphatic carbocycles. The monoisotopic (exact) mass is 777 g/mol. The van der Waals surface area contributed by atoms with Gasteiger partial charge in [-0.25, -0.2) is 4.67 Å². The number of benzene rings is 3. The fourth-order valence-corrected chi connectivity index (χ4v) is 8.36. The molecule has 0 bridgehead atoms. The lowest BCUT2D eigenvalue weighted by Gasteiger charge is -2.38. The number of rotatable bonds is 20. The molecule has 0 amide bonds. The molecule has 2 aliphatic rings. The molecular formula is C38H49N8O8P. The Labute approximate surface area is 324 Å². The second-order valence-electron chi connectivity index (χ2n) is 13.6. The first-order valence-electron chi connectivity index (χ1n) is 18.8. The number of nitriles is 1. The number of azo groups is 2. The van der Waals surface area contributed by atoms with E-state index in [0.717, 1.165) is 44.3 Å². The summed E-state index contributed by atoms with van der Waals surface area (Å²) in [4.78, 5) is 12.9. The van der Waals surface area contributed by atoms with Crippen LogP contribution in [0.3, 0.4) is 0 Å². The van der Waals surface area contributed by atoms with Gasteiger partial charge < -0.3 is 33.6 Å². The van der Waals surface area contributed by atoms with E-state index >= 15 is 0 Å². The van der Waals surface area contributed by atoms with Gasteiger partial charge in [0, 0.05) is 60.2 Å². The number of ether oxygens (including phenoxy) is 2. The molecule has 2 unspecified atom stereocenters. The van der Waals surface area contributed by atoms with Crippen LogP contribution >= 0.6 is 8.53 Å². The molecule has 55 heavy (non-hydrogen) atoms. The van der Waals surface area contributed by atoms with Crippen molar-refractivity contribution in [3.63, 3.8) is 0 Å². The highest BCUT2D eigenvalue weighted by molar-refractivity contribution is 7.44. The van der Waals surface area contributed by atoms with E-state index in [1.807, 2.05) is 6.07 Å². The fourth-order valence-electron chi connectivity index (χ4n) is 6.68. The van der Waals surface area contributed by atoms with Gasteiger partial charge in [0.2, 0.25) is 1.43 Å². The number of methoxy groups -OCH3 is 1. The molecule has 17 heteroatoms. The summed E-state index contributed by atoms with van der Waals surface area (Å²) in [6.07, 6.45) is 3.15. The number of nitro groups is 1. The van der Waals surface area contributed by atoms with E-state index in [-0.39, 0.29) is 50.6 Å². The highest BCUT2D eigenvalue weighted by atomic mass is 31.2. The van der Waals surface area contributed by atoms with Crippen LogP contribution < -0.4 is 14.4 Å². The molecule has 2 heterocycles. The number of nitro benzene ring substituents is 1. The lowest BCUT2D eigenvalue weighted by atomic mass is 9.90. The third-order valence-corrected chi connectivity index (χ3v) is 11.3. The van der Waals surface area contributed by atoms with Gasteiger partial charge in [0.1, 0.15) is 29.8 Å². The summed E-state index contributed by atoms with van der Waals surface area (Å²) in [5.41, 5.74) is 5.31. The van der Waals surface area contributed by atoms with E-state index in [2.05, 4.69) is 58.7 Å². The van der Waals surface area contributed by atoms with E-state index in [1.165, 1.54) is 42.6 Å². The van der Waals surface area contributed by atoms with Crippen molar-refractivity contribution in [2.24, 2.45) is 20.5 Å². The Morgan fingerprint density at radius 1 is 1.04 bits per heavy atom. The van der Waals surface area contributed by atoms with Gasteiger partial charge in [-0.2, -0.15) is 15.5 Å². The average molecular weight is 778 g/mol. The molecule has 0 radical (unpaired) electrons. The minimum Gasteiger partial charge on any atom is -0.494 e. The summed E-state index contributed by atoms with van der Waals surface area (Å²) in [7, 11) is -0.134. The van der Waals surface area contributed by atoms with Gasteiger partial charge in [-0.1, -0.05) is 0 Å². The smallest absolute Gasteiger partial charge is 0.269 e. The average Bonchev–Trinajstić information content (AvgIpc) is 3.18. The van der Waals surface area contributed by atoms with Gasteiger partial charge in [-0.15, -0.1) is 10.2 Å². The summed E-state index contributed by atoms with van der Waals surface area (Å²) in [6, 6.07) is 13.1. The zero-order valence-corrected chi connectivity index (χ0v) is 32.8. The Hall–Kier alpha value is -4.62. The molecule has 2 N–H and O–H groups in total. The standard InChI is InChI=1S/C38H49N8O8P/c1-25(2)45(26(3)4)55(53-18-8-15-39)54-31(23-48)24-52-38-32-10-7-17-44-16-6-9-27(37(32)44)19-35(38)43-42-34-20-28(22-47)33(21-36(34)51-5)41-40-29-11-13-30(14-12-29)46(49)50/h11-14,19-21,25-26,31,47-48H,6-10,16-18,22-24H2,1-5H3/i48D. The first-order valence-corrected chi connectivity index (χ1v) is 19.5. The molecule has 3 aromatic rings. The first kappa shape index (κ1) is 40.1. The number of aliphatic hydroxyl groups excluding tert-OH is 2. The second-order valence-corrected chi connectivity index (χ2v) is 15.0. The summed E-state index contributed by atoms with van der Waals surface area (Å²) in [5, 5.41) is 53.1. The van der Waals surface area contributed by atoms with Crippen LogP contribution in [0.5, 0.6) is 11.5 Å². The maximum absolute atomic E-state index is 11.0. The number of anilines is 1. The summed E-state index contributed by atoms with van der Waals surface area (Å²) in [6.45, 7) is 9.91. The van der Waals surface area contributed by atoms with Crippen LogP contribution in [0.15, 0.2) is 62.9 Å². The van der Waals surface area contributed by atoms with Crippen LogP contribution in [0.1, 0.15) is 63.6 Å². The van der Waals surface area contributed by atoms with Gasteiger partial charge in [-0.3, -0.25) is 10.1 Å². The maximum Gasteiger partial charge on any atom is 0.269 e. The van der Waals surface area contributed by atoms with E-state index in [1.54, 1.807) is 12.1 Å². The number of aryl methyl sites for hydroxylation is 1. The van der Waals surface area contributed by atoms with Crippen molar-refractivity contribution >= 4 is 42.7 Å². The molecule has 3 aromatic carbocycles. The predicted molar refractivity (Wildman–Crippen MR) is 208 cm³/mol. The SMILES string of the molecule is [2H]OCC(COc1c(N=Nc2cc(CO)c(N=Nc3ccc([N+](=O)[O-])cc3)cc2OC)cc2c3c1CCCN3CCC2)OP(OCCC#N)N(C(C)C)C(C)C. The Morgan fingerprint density at radius 2 is 1.75 bits per heavy atom. The molecular weight excluding hydrogens is 727 g/mol. The zero-order chi connectivity index (χ0) is 40.2. The van der Waals surface area contributed by atoms with Gasteiger partial charge in [-0.05, 0) is 83.2 Å². The van der Waals surface area contributed by atoms with Crippen molar-refractivity contribution in [1.29, 1.82) is 6.69 Å². The lowest BCUT2D eigenvalue weighted by Crippen LogP contribution is -2.36. The molecule has 16 nitrogen and oxygen atoms in total. The van der Waals surface area contributed by atoms with Gasteiger partial charge in [0.15, 0.2) is 5.75 Å². The second kappa shape index (κ2) is 19.8. The number of aliphatic hydroxyl groups is 2. The van der Waals surface area contributed by atoms with Gasteiger partial charge in [0.05, 0.1) is 55.7 Å². The van der Waals surface area contributed by atoms with Crippen molar-refractivity contribution in [3.8, 4) is 17.6 Å². The minimum absolute atomic E-state index is 0.0318. The fraction of sp³-hybridized carbons (Fsp3) is 0.500. The first-order chi connectivity index (χ1) is 27.1. The molecule has 0 saturated heterocycles. The van der Waals surface area contributed by atoms with Gasteiger partial charge in [0.25, 0.3) is 14.2 Å². The predicted octanol–water partition coefficient (Wildman–Crippen LogP) is 8.66. The van der Waals surface area contributed by atoms with Crippen molar-refractivity contribution < 1.29 is 33.7 Å². The molecule has 294 valence electrons. The maximum atomic E-state index is 11.0. The van der Waals surface area contributed by atoms with Crippen LogP contribution in [0.2, 0.25) is 0 Å². The quantitative estimate of drug-likeness (QED) is 0.0366. The number of hydrogen-bond donors (Lipinski definition) is 2. The highest BCUT2D eigenvalue weighted by Gasteiger charge is 2.32. The van der Waals surface area contributed by atoms with Crippen LogP contribution in [0.25, 0.3) is 0 Å². The van der Waals surface area contributed by atoms with E-state index in [0.29, 0.717) is 39.8 Å². The molecule has 0 fully saturated rings. The summed E-state index contributed by atoms with van der Waals surface area (Å²) >= 11 is 0. The molecule has 2 aliphatic heterocycles. The normalized spacial score (nSPS) is 15.4. The van der Waals surface area contributed by atoms with Crippen LogP contribution in [0.4, 0.5) is 34.1 Å². The third kappa shape index (κ3) is 10.4. The van der Waals surface area contributed by atoms with Crippen LogP contribution in [0, 0.1) is 21.4 Å². The Balaban J connectivity index is 1.47. The van der Waals surface area contributed by atoms with E-state index < -0.39 is 19.6 Å². The Bertz CT molecular complexity index is 1900. The lowest BCUT2D eigenvalue weighted by molar-refractivity contribution is -0.384. The van der Waals surface area contributed by atoms with E-state index in [9.17, 15) is 15.2 Å². The van der Waals surface area contributed by atoms with Gasteiger partial charge >= 0.3 is 0 Å². The Morgan fingerprint density at radius 3 is 2.40 bits per heavy atom. The van der Waals surface area contributed by atoms with E-state index in [4.69, 9.17) is 35.4 Å². The number of nitrogens with zero attached hydrogens (tertiary/aromatic N) is 8. The largest absolute Gasteiger partial charge is 0.494 e. The molecule has 2 atom stereocenters. The number of non-ortho nitro benzene ring substituents is 1. The van der Waals surface area contributed by atoms with Crippen LogP contribution in [-0.2, 0) is 28.5 Å². The molecule has 0 saturated carbocycles. The number of hydrogen-bond acceptors (Lipinski definition) is 15. The van der Waals surface area contributed by atoms with Crippen molar-refractivity contribution in [2.75, 3.05) is 44.9 Å². The zero-order valence-electron chi connectivity index (χ0n) is 32.9. The third-order valence-electron chi connectivity index (χ3n) is 9.10. The molecule has 0 aromatic heterocycles. The summed E-state index contributed by atoms with van der Waals surface area (Å²) < 4.78 is 34.6. The molecule has 5 rings (SSSR count). The topological polar surface area (TPSA) is 200 Å². The Kier molecular flexibility index (Phi) is 14.4. The minimum atomic E-state index is -1.62. The van der Waals surface area contributed by atoms with Crippen molar-refractivity contribution in [3.05, 3.63) is 69.3 Å². The van der Waals surface area contributed by atoms with Crippen molar-refractivity contribution in [1.82, 2.24) is 4.67 Å².